The van der Waals surface area contributed by atoms with Gasteiger partial charge in [0.05, 0.1) is 12.5 Å². The van der Waals surface area contributed by atoms with Gasteiger partial charge in [-0.1, -0.05) is 26.0 Å². The molecule has 39 heavy (non-hydrogen) atoms. The molecule has 0 aliphatic carbocycles. The molecule has 4 atom stereocenters. The van der Waals surface area contributed by atoms with Crippen molar-refractivity contribution in [3.8, 4) is 5.75 Å². The Bertz CT molecular complexity index is 1020. The van der Waals surface area contributed by atoms with Crippen LogP contribution in [0.25, 0.3) is 0 Å². The van der Waals surface area contributed by atoms with Crippen molar-refractivity contribution in [3.63, 3.8) is 0 Å². The smallest absolute Gasteiger partial charge is 0.305 e. The van der Waals surface area contributed by atoms with Crippen molar-refractivity contribution >= 4 is 41.9 Å². The summed E-state index contributed by atoms with van der Waals surface area (Å²) in [6, 6.07) is 1.65. The van der Waals surface area contributed by atoms with Gasteiger partial charge in [-0.3, -0.25) is 28.8 Å². The Hall–Kier alpha value is -4.49. The summed E-state index contributed by atoms with van der Waals surface area (Å²) >= 11 is 0. The van der Waals surface area contributed by atoms with Crippen LogP contribution in [0.15, 0.2) is 24.3 Å². The van der Waals surface area contributed by atoms with E-state index in [0.717, 1.165) is 6.92 Å². The van der Waals surface area contributed by atoms with Gasteiger partial charge in [0, 0.05) is 20.3 Å². The van der Waals surface area contributed by atoms with Crippen molar-refractivity contribution < 1.29 is 48.9 Å². The van der Waals surface area contributed by atoms with Crippen molar-refractivity contribution in [1.29, 1.82) is 0 Å². The van der Waals surface area contributed by atoms with Crippen LogP contribution in [0.4, 0.5) is 0 Å². The molecule has 0 bridgehead atoms. The number of phenols is 1. The molecule has 0 aliphatic heterocycles. The van der Waals surface area contributed by atoms with Gasteiger partial charge in [0.15, 0.2) is 0 Å². The Morgan fingerprint density at radius 3 is 1.79 bits per heavy atom. The number of carbonyl (C=O) groups is 7. The minimum absolute atomic E-state index is 0.0476. The highest BCUT2D eigenvalue weighted by Gasteiger charge is 2.30. The van der Waals surface area contributed by atoms with Crippen LogP contribution >= 0.6 is 0 Å². The Kier molecular flexibility index (Phi) is 15.1. The number of nitrogens with one attached hydrogen (secondary N) is 4. The highest BCUT2D eigenvalue weighted by atomic mass is 16.4. The van der Waals surface area contributed by atoms with Crippen LogP contribution in [0, 0.1) is 5.92 Å². The predicted molar refractivity (Wildman–Crippen MR) is 137 cm³/mol. The van der Waals surface area contributed by atoms with Gasteiger partial charge in [-0.25, -0.2) is 0 Å². The highest BCUT2D eigenvalue weighted by Crippen LogP contribution is 2.12. The summed E-state index contributed by atoms with van der Waals surface area (Å²) in [5.41, 5.74) is 0.665. The standard InChI is InChI=1S/C23H32N4O8.C2H4O2/c1-12(2)20(23(35)24-13(3)21(33)26-16(11-28)10-19(31)32)27-22(34)18(25-14(4)29)9-15-5-7-17(30)8-6-15;1-2(3)4/h5-8,11-13,16,18,20,30H,9-10H2,1-4H3,(H,24,35)(H,25,29)(H,26,33)(H,27,34)(H,31,32);1H3,(H,3,4)/t13-,16-,18-,20-;/m0./s1. The molecule has 1 aromatic carbocycles. The lowest BCUT2D eigenvalue weighted by Gasteiger charge is -2.26. The maximum Gasteiger partial charge on any atom is 0.305 e. The first-order chi connectivity index (χ1) is 18.1. The van der Waals surface area contributed by atoms with E-state index in [1.54, 1.807) is 26.0 Å². The van der Waals surface area contributed by atoms with Crippen LogP contribution in [-0.4, -0.2) is 81.3 Å². The lowest BCUT2D eigenvalue weighted by atomic mass is 10.0. The first-order valence-corrected chi connectivity index (χ1v) is 11.9. The number of rotatable bonds is 13. The lowest BCUT2D eigenvalue weighted by Crippen LogP contribution is -2.58. The number of aldehydes is 1. The molecule has 0 saturated heterocycles. The minimum atomic E-state index is -1.28. The third kappa shape index (κ3) is 14.7. The summed E-state index contributed by atoms with van der Waals surface area (Å²) in [6.07, 6.45) is -0.215. The molecule has 0 radical (unpaired) electrons. The second kappa shape index (κ2) is 17.1. The molecule has 0 unspecified atom stereocenters. The van der Waals surface area contributed by atoms with Crippen LogP contribution in [0.2, 0.25) is 0 Å². The quantitative estimate of drug-likeness (QED) is 0.153. The predicted octanol–water partition coefficient (Wildman–Crippen LogP) is -0.666. The van der Waals surface area contributed by atoms with Gasteiger partial charge in [0.1, 0.15) is 30.2 Å². The van der Waals surface area contributed by atoms with Crippen LogP contribution in [0.5, 0.6) is 5.75 Å². The summed E-state index contributed by atoms with van der Waals surface area (Å²) in [6.45, 7) is 7.04. The van der Waals surface area contributed by atoms with Crippen molar-refractivity contribution in [2.24, 2.45) is 5.92 Å². The van der Waals surface area contributed by atoms with Gasteiger partial charge in [0.25, 0.3) is 5.97 Å². The van der Waals surface area contributed by atoms with E-state index in [9.17, 15) is 33.9 Å². The molecule has 1 rings (SSSR count). The van der Waals surface area contributed by atoms with E-state index < -0.39 is 72.1 Å². The van der Waals surface area contributed by atoms with E-state index in [0.29, 0.717) is 5.56 Å². The van der Waals surface area contributed by atoms with Crippen LogP contribution in [-0.2, 0) is 40.0 Å². The van der Waals surface area contributed by atoms with E-state index in [-0.39, 0.29) is 18.5 Å². The molecule has 14 nitrogen and oxygen atoms in total. The lowest BCUT2D eigenvalue weighted by molar-refractivity contribution is -0.139. The van der Waals surface area contributed by atoms with Crippen LogP contribution in [0.1, 0.15) is 46.6 Å². The van der Waals surface area contributed by atoms with Crippen molar-refractivity contribution in [3.05, 3.63) is 29.8 Å². The third-order valence-corrected chi connectivity index (χ3v) is 4.96. The minimum Gasteiger partial charge on any atom is -0.508 e. The van der Waals surface area contributed by atoms with E-state index in [1.807, 2.05) is 0 Å². The summed E-state index contributed by atoms with van der Waals surface area (Å²) < 4.78 is 0. The molecule has 1 aromatic rings. The average molecular weight is 553 g/mol. The van der Waals surface area contributed by atoms with Gasteiger partial charge in [-0.2, -0.15) is 0 Å². The zero-order valence-electron chi connectivity index (χ0n) is 22.4. The van der Waals surface area contributed by atoms with Crippen LogP contribution in [0.3, 0.4) is 0 Å². The second-order valence-corrected chi connectivity index (χ2v) is 8.95. The molecule has 7 N–H and O–H groups in total. The van der Waals surface area contributed by atoms with Gasteiger partial charge in [0.2, 0.25) is 23.6 Å². The van der Waals surface area contributed by atoms with Crippen molar-refractivity contribution in [2.45, 2.75) is 71.6 Å². The number of carboxylic acid groups (broad SMARTS) is 2. The number of amides is 4. The number of aliphatic carboxylic acids is 2. The molecule has 0 fully saturated rings. The van der Waals surface area contributed by atoms with Gasteiger partial charge < -0.3 is 41.4 Å². The zero-order chi connectivity index (χ0) is 30.3. The Morgan fingerprint density at radius 1 is 0.821 bits per heavy atom. The second-order valence-electron chi connectivity index (χ2n) is 8.95. The van der Waals surface area contributed by atoms with Gasteiger partial charge in [-0.05, 0) is 30.5 Å². The Labute approximate surface area is 225 Å². The maximum absolute atomic E-state index is 12.9. The molecular weight excluding hydrogens is 516 g/mol. The number of benzene rings is 1. The van der Waals surface area contributed by atoms with Crippen molar-refractivity contribution in [1.82, 2.24) is 21.3 Å². The van der Waals surface area contributed by atoms with E-state index in [2.05, 4.69) is 21.3 Å². The van der Waals surface area contributed by atoms with E-state index in [1.165, 1.54) is 26.0 Å². The number of phenolic OH excluding ortho intramolecular Hbond substituents is 1. The van der Waals surface area contributed by atoms with Gasteiger partial charge in [-0.15, -0.1) is 0 Å². The number of aromatic hydroxyl groups is 1. The first kappa shape index (κ1) is 34.5. The summed E-state index contributed by atoms with van der Waals surface area (Å²) in [5.74, 6) is -4.98. The largest absolute Gasteiger partial charge is 0.508 e. The molecule has 216 valence electrons. The fourth-order valence-electron chi connectivity index (χ4n) is 3.11. The fraction of sp³-hybridized carbons (Fsp3) is 0.480. The Morgan fingerprint density at radius 2 is 1.36 bits per heavy atom. The molecular formula is C25H36N4O10. The monoisotopic (exact) mass is 552 g/mol. The highest BCUT2D eigenvalue weighted by molar-refractivity contribution is 5.94. The summed E-state index contributed by atoms with van der Waals surface area (Å²) in [5, 5.41) is 35.4. The van der Waals surface area contributed by atoms with E-state index in [4.69, 9.17) is 15.0 Å². The number of carboxylic acids is 2. The molecule has 0 aromatic heterocycles. The third-order valence-electron chi connectivity index (χ3n) is 4.96. The molecule has 0 spiro atoms. The molecule has 4 amide bonds. The summed E-state index contributed by atoms with van der Waals surface area (Å²) in [4.78, 5) is 80.4. The number of hydrogen-bond acceptors (Lipinski definition) is 8. The first-order valence-electron chi connectivity index (χ1n) is 11.9. The number of hydrogen-bond donors (Lipinski definition) is 7. The topological polar surface area (TPSA) is 228 Å². The maximum atomic E-state index is 12.9. The van der Waals surface area contributed by atoms with Crippen LogP contribution < -0.4 is 21.3 Å². The molecule has 14 heteroatoms. The molecule has 0 saturated carbocycles. The van der Waals surface area contributed by atoms with Crippen molar-refractivity contribution in [2.75, 3.05) is 0 Å². The zero-order valence-corrected chi connectivity index (χ0v) is 22.4. The molecule has 0 heterocycles. The number of carbonyl (C=O) groups excluding carboxylic acids is 5. The normalized spacial score (nSPS) is 13.3. The Balaban J connectivity index is 0.00000336. The van der Waals surface area contributed by atoms with Gasteiger partial charge >= 0.3 is 5.97 Å². The SMILES string of the molecule is CC(=O)N[C@@H](Cc1ccc(O)cc1)C(=O)N[C@H](C(=O)N[C@@H](C)C(=O)N[C@H](C=O)CC(=O)O)C(C)C.CC(=O)O. The fourth-order valence-corrected chi connectivity index (χ4v) is 3.11. The molecule has 0 aliphatic rings. The van der Waals surface area contributed by atoms with E-state index >= 15 is 0 Å². The summed E-state index contributed by atoms with van der Waals surface area (Å²) in [7, 11) is 0. The average Bonchev–Trinajstić information content (AvgIpc) is 2.81.